The summed E-state index contributed by atoms with van der Waals surface area (Å²) in [7, 11) is 3.59. The number of anilines is 3. The van der Waals surface area contributed by atoms with E-state index in [0.29, 0.717) is 47.0 Å². The van der Waals surface area contributed by atoms with E-state index in [4.69, 9.17) is 4.84 Å². The van der Waals surface area contributed by atoms with E-state index in [9.17, 15) is 27.6 Å². The summed E-state index contributed by atoms with van der Waals surface area (Å²) in [6.45, 7) is 8.77. The lowest BCUT2D eigenvalue weighted by Crippen LogP contribution is -2.25. The number of nitrogens with one attached hydrogen (secondary N) is 2. The Kier molecular flexibility index (Phi) is 12.9. The van der Waals surface area contributed by atoms with Crippen molar-refractivity contribution in [1.82, 2.24) is 5.06 Å². The van der Waals surface area contributed by atoms with Crippen LogP contribution in [0, 0.1) is 17.5 Å². The SMILES string of the molecule is C=C(/C(=C\C=C/C)C(=O)Nc1ccc(C=O)cc1)N(C)OCC.CN1CCc2cc(C(=O)Nc3c(F)cccc3F)sc2-c2ccc(F)cc21. The number of nitrogens with zero attached hydrogens (tertiary/aromatic N) is 2. The third kappa shape index (κ3) is 9.16. The summed E-state index contributed by atoms with van der Waals surface area (Å²) in [5.74, 6) is -2.87. The van der Waals surface area contributed by atoms with Crippen molar-refractivity contribution in [3.63, 3.8) is 0 Å². The van der Waals surface area contributed by atoms with Crippen molar-refractivity contribution in [3.05, 3.63) is 136 Å². The molecule has 0 atom stereocenters. The van der Waals surface area contributed by atoms with Crippen molar-refractivity contribution in [1.29, 1.82) is 0 Å². The van der Waals surface area contributed by atoms with Gasteiger partial charge in [-0.1, -0.05) is 24.8 Å². The standard InChI is InChI=1S/C20H15F3N2OS.C18H22N2O3/c1-25-8-7-11-9-17(20(26)24-18-14(22)3-2-4-15(18)23)27-19(11)13-6-5-12(21)10-16(13)25;1-5-7-8-17(14(3)20(4)23-6-2)18(22)19-16-11-9-15(13-21)10-12-16/h2-6,9-10H,7-8H2,1H3,(H,24,26);5,7-13H,3,6H2,1-2,4H3,(H,19,22)/b;7-5-,17-8+. The van der Waals surface area contributed by atoms with Gasteiger partial charge < -0.3 is 15.5 Å². The Morgan fingerprint density at radius 1 is 1.04 bits per heavy atom. The number of likely N-dealkylation sites (N-methyl/N-ethyl adjacent to an activating group) is 2. The van der Waals surface area contributed by atoms with Gasteiger partial charge in [0.15, 0.2) is 0 Å². The van der Waals surface area contributed by atoms with Gasteiger partial charge in [-0.2, -0.15) is 0 Å². The van der Waals surface area contributed by atoms with Crippen LogP contribution in [0.2, 0.25) is 0 Å². The smallest absolute Gasteiger partial charge is 0.265 e. The van der Waals surface area contributed by atoms with Gasteiger partial charge in [0.1, 0.15) is 29.4 Å². The van der Waals surface area contributed by atoms with Crippen molar-refractivity contribution in [2.45, 2.75) is 20.3 Å². The van der Waals surface area contributed by atoms with E-state index in [1.54, 1.807) is 55.6 Å². The second-order valence-corrected chi connectivity index (χ2v) is 12.1. The van der Waals surface area contributed by atoms with E-state index in [1.807, 2.05) is 31.9 Å². The van der Waals surface area contributed by atoms with E-state index in [2.05, 4.69) is 17.2 Å². The maximum Gasteiger partial charge on any atom is 0.265 e. The minimum absolute atomic E-state index is 0.307. The van der Waals surface area contributed by atoms with Gasteiger partial charge in [0.2, 0.25) is 0 Å². The predicted octanol–water partition coefficient (Wildman–Crippen LogP) is 8.41. The zero-order valence-corrected chi connectivity index (χ0v) is 28.9. The molecule has 0 bridgehead atoms. The van der Waals surface area contributed by atoms with Crippen molar-refractivity contribution in [2.24, 2.45) is 0 Å². The van der Waals surface area contributed by atoms with Gasteiger partial charge in [-0.15, -0.1) is 11.3 Å². The van der Waals surface area contributed by atoms with Gasteiger partial charge in [-0.25, -0.2) is 13.2 Å². The van der Waals surface area contributed by atoms with Crippen LogP contribution in [-0.4, -0.2) is 50.4 Å². The molecule has 12 heteroatoms. The summed E-state index contributed by atoms with van der Waals surface area (Å²) in [4.78, 5) is 44.2. The molecule has 8 nitrogen and oxygen atoms in total. The Morgan fingerprint density at radius 3 is 2.38 bits per heavy atom. The molecule has 1 aliphatic heterocycles. The number of allylic oxidation sites excluding steroid dienone is 3. The maximum absolute atomic E-state index is 13.8. The van der Waals surface area contributed by atoms with E-state index in [-0.39, 0.29) is 11.7 Å². The quantitative estimate of drug-likeness (QED) is 0.0747. The monoisotopic (exact) mass is 702 g/mol. The number of rotatable bonds is 10. The molecule has 2 N–H and O–H groups in total. The third-order valence-corrected chi connectivity index (χ3v) is 8.79. The third-order valence-electron chi connectivity index (χ3n) is 7.58. The fraction of sp³-hybridized carbons (Fsp3) is 0.184. The van der Waals surface area contributed by atoms with Gasteiger partial charge in [-0.05, 0) is 92.6 Å². The van der Waals surface area contributed by atoms with E-state index in [1.165, 1.54) is 34.6 Å². The maximum atomic E-state index is 13.8. The minimum atomic E-state index is -0.830. The molecule has 4 aromatic rings. The molecule has 50 heavy (non-hydrogen) atoms. The van der Waals surface area contributed by atoms with Crippen molar-refractivity contribution >= 4 is 46.5 Å². The predicted molar refractivity (Wildman–Crippen MR) is 193 cm³/mol. The molecule has 3 aromatic carbocycles. The summed E-state index contributed by atoms with van der Waals surface area (Å²) in [6.07, 6.45) is 6.68. The van der Waals surface area contributed by atoms with E-state index < -0.39 is 23.2 Å². The molecule has 1 aliphatic rings. The number of carbonyl (C=O) groups excluding carboxylic acids is 3. The first kappa shape index (κ1) is 37.4. The number of hydrogen-bond acceptors (Lipinski definition) is 7. The fourth-order valence-electron chi connectivity index (χ4n) is 4.95. The lowest BCUT2D eigenvalue weighted by molar-refractivity contribution is -0.117. The minimum Gasteiger partial charge on any atom is -0.374 e. The normalized spacial score (nSPS) is 12.2. The molecule has 2 heterocycles. The summed E-state index contributed by atoms with van der Waals surface area (Å²) in [6, 6.07) is 16.3. The Balaban J connectivity index is 0.000000229. The van der Waals surface area contributed by atoms with Crippen LogP contribution in [-0.2, 0) is 16.1 Å². The first-order valence-corrected chi connectivity index (χ1v) is 16.4. The summed E-state index contributed by atoms with van der Waals surface area (Å²) >= 11 is 1.23. The zero-order chi connectivity index (χ0) is 36.4. The van der Waals surface area contributed by atoms with E-state index in [0.717, 1.165) is 40.1 Å². The number of halogens is 3. The van der Waals surface area contributed by atoms with Gasteiger partial charge in [0.05, 0.1) is 22.8 Å². The molecule has 260 valence electrons. The first-order valence-electron chi connectivity index (χ1n) is 15.6. The second kappa shape index (κ2) is 17.3. The number of carbonyl (C=O) groups is 3. The molecular formula is C38H37F3N4O4S. The number of hydroxylamine groups is 2. The van der Waals surface area contributed by atoms with Gasteiger partial charge in [0, 0.05) is 48.0 Å². The molecule has 1 aromatic heterocycles. The van der Waals surface area contributed by atoms with Crippen molar-refractivity contribution < 1.29 is 32.4 Å². The van der Waals surface area contributed by atoms with Crippen LogP contribution in [0.15, 0.2) is 103 Å². The van der Waals surface area contributed by atoms with Gasteiger partial charge in [-0.3, -0.25) is 24.3 Å². The second-order valence-electron chi connectivity index (χ2n) is 11.0. The summed E-state index contributed by atoms with van der Waals surface area (Å²) in [5.41, 5.74) is 4.07. The number of aldehydes is 1. The highest BCUT2D eigenvalue weighted by Crippen LogP contribution is 2.41. The summed E-state index contributed by atoms with van der Waals surface area (Å²) in [5, 5.41) is 6.56. The molecule has 2 amide bonds. The number of fused-ring (bicyclic) bond motifs is 3. The number of amides is 2. The topological polar surface area (TPSA) is 91.0 Å². The number of para-hydroxylation sites is 1. The Labute approximate surface area is 293 Å². The first-order chi connectivity index (χ1) is 24.0. The number of thiophene rings is 1. The van der Waals surface area contributed by atoms with Crippen molar-refractivity contribution in [3.8, 4) is 10.4 Å². The number of hydrogen-bond donors (Lipinski definition) is 2. The van der Waals surface area contributed by atoms with Crippen LogP contribution < -0.4 is 15.5 Å². The lowest BCUT2D eigenvalue weighted by atomic mass is 10.1. The van der Waals surface area contributed by atoms with Crippen molar-refractivity contribution in [2.75, 3.05) is 42.8 Å². The number of benzene rings is 3. The molecule has 0 spiro atoms. The average Bonchev–Trinajstić information content (AvgIpc) is 3.48. The van der Waals surface area contributed by atoms with Gasteiger partial charge in [0.25, 0.3) is 11.8 Å². The highest BCUT2D eigenvalue weighted by atomic mass is 32.1. The lowest BCUT2D eigenvalue weighted by Gasteiger charge is -2.21. The van der Waals surface area contributed by atoms with Crippen LogP contribution >= 0.6 is 11.3 Å². The largest absolute Gasteiger partial charge is 0.374 e. The van der Waals surface area contributed by atoms with Crippen LogP contribution in [0.5, 0.6) is 0 Å². The fourth-order valence-corrected chi connectivity index (χ4v) is 6.09. The molecule has 0 aliphatic carbocycles. The van der Waals surface area contributed by atoms with Crippen LogP contribution in [0.25, 0.3) is 10.4 Å². The van der Waals surface area contributed by atoms with Crippen LogP contribution in [0.4, 0.5) is 30.2 Å². The van der Waals surface area contributed by atoms with Gasteiger partial charge >= 0.3 is 0 Å². The van der Waals surface area contributed by atoms with Crippen LogP contribution in [0.1, 0.15) is 39.4 Å². The molecule has 0 saturated carbocycles. The molecule has 0 fully saturated rings. The highest BCUT2D eigenvalue weighted by molar-refractivity contribution is 7.17. The average molecular weight is 703 g/mol. The Morgan fingerprint density at radius 2 is 1.74 bits per heavy atom. The molecular weight excluding hydrogens is 666 g/mol. The highest BCUT2D eigenvalue weighted by Gasteiger charge is 2.24. The molecule has 5 rings (SSSR count). The zero-order valence-electron chi connectivity index (χ0n) is 28.1. The summed E-state index contributed by atoms with van der Waals surface area (Å²) < 4.78 is 41.3. The Hall–Kier alpha value is -5.46. The Bertz CT molecular complexity index is 1920. The molecule has 0 unspecified atom stereocenters. The molecule has 0 saturated heterocycles. The van der Waals surface area contributed by atoms with Crippen LogP contribution in [0.3, 0.4) is 0 Å². The molecule has 0 radical (unpaired) electrons. The van der Waals surface area contributed by atoms with E-state index >= 15 is 0 Å².